The molecule has 2 amide bonds. The van der Waals surface area contributed by atoms with Crippen molar-refractivity contribution in [3.8, 4) is 0 Å². The highest BCUT2D eigenvalue weighted by Gasteiger charge is 2.38. The Kier molecular flexibility index (Phi) is 6.04. The van der Waals surface area contributed by atoms with Gasteiger partial charge in [0.1, 0.15) is 11.5 Å². The number of carbonyl (C=O) groups excluding carboxylic acids is 2. The van der Waals surface area contributed by atoms with E-state index in [1.165, 1.54) is 10.3 Å². The molecular weight excluding hydrogens is 412 g/mol. The first-order valence-electron chi connectivity index (χ1n) is 8.91. The van der Waals surface area contributed by atoms with E-state index >= 15 is 0 Å². The molecule has 9 heteroatoms. The first kappa shape index (κ1) is 21.0. The molecule has 152 valence electrons. The van der Waals surface area contributed by atoms with Gasteiger partial charge in [0, 0.05) is 10.9 Å². The van der Waals surface area contributed by atoms with Crippen molar-refractivity contribution in [2.24, 2.45) is 0 Å². The molecule has 3 aromatic rings. The Morgan fingerprint density at radius 2 is 1.93 bits per heavy atom. The Labute approximate surface area is 177 Å². The van der Waals surface area contributed by atoms with Crippen LogP contribution in [0.5, 0.6) is 0 Å². The highest BCUT2D eigenvalue weighted by molar-refractivity contribution is 7.03. The molecule has 2 aromatic heterocycles. The number of furan rings is 1. The van der Waals surface area contributed by atoms with Gasteiger partial charge in [0.2, 0.25) is 0 Å². The molecule has 1 atom stereocenters. The fraction of sp³-hybridized carbons (Fsp3) is 0.300. The molecule has 0 saturated carbocycles. The van der Waals surface area contributed by atoms with Crippen LogP contribution in [0, 0.1) is 6.92 Å². The van der Waals surface area contributed by atoms with Crippen LogP contribution >= 0.6 is 23.1 Å². The third kappa shape index (κ3) is 4.83. The van der Waals surface area contributed by atoms with Crippen LogP contribution in [0.4, 0.5) is 5.69 Å². The van der Waals surface area contributed by atoms with Gasteiger partial charge in [-0.05, 0) is 63.5 Å². The molecule has 0 aliphatic heterocycles. The van der Waals surface area contributed by atoms with E-state index in [1.54, 1.807) is 43.3 Å². The van der Waals surface area contributed by atoms with Crippen molar-refractivity contribution in [3.63, 3.8) is 0 Å². The maximum Gasteiger partial charge on any atom is 0.280 e. The molecule has 0 unspecified atom stereocenters. The minimum atomic E-state index is -1.09. The average Bonchev–Trinajstić information content (AvgIpc) is 3.30. The molecule has 0 aliphatic carbocycles. The summed E-state index contributed by atoms with van der Waals surface area (Å²) in [6.07, 6.45) is 0. The van der Waals surface area contributed by atoms with Crippen LogP contribution in [0.15, 0.2) is 46.2 Å². The van der Waals surface area contributed by atoms with Gasteiger partial charge in [-0.2, -0.15) is 0 Å². The lowest BCUT2D eigenvalue weighted by atomic mass is 10.1. The Bertz CT molecular complexity index is 1010. The molecule has 0 spiro atoms. The number of aromatic nitrogens is 2. The predicted molar refractivity (Wildman–Crippen MR) is 112 cm³/mol. The number of anilines is 1. The van der Waals surface area contributed by atoms with Crippen LogP contribution in [-0.2, 0) is 4.79 Å². The molecule has 0 radical (unpaired) electrons. The van der Waals surface area contributed by atoms with Crippen LogP contribution in [0.1, 0.15) is 48.8 Å². The monoisotopic (exact) mass is 432 g/mol. The highest BCUT2D eigenvalue weighted by Crippen LogP contribution is 2.35. The van der Waals surface area contributed by atoms with E-state index in [0.717, 1.165) is 11.5 Å². The van der Waals surface area contributed by atoms with Gasteiger partial charge in [0.05, 0.1) is 10.7 Å². The summed E-state index contributed by atoms with van der Waals surface area (Å²) in [5.41, 5.74) is -0.0315. The van der Waals surface area contributed by atoms with Crippen LogP contribution in [0.2, 0.25) is 5.02 Å². The third-order valence-corrected chi connectivity index (χ3v) is 4.77. The normalized spacial score (nSPS) is 12.4. The van der Waals surface area contributed by atoms with Crippen molar-refractivity contribution in [1.82, 2.24) is 14.9 Å². The molecule has 1 N–H and O–H groups in total. The summed E-state index contributed by atoms with van der Waals surface area (Å²) in [5.74, 6) is 0.0365. The number of halogens is 1. The van der Waals surface area contributed by atoms with Crippen molar-refractivity contribution in [1.29, 1.82) is 0 Å². The van der Waals surface area contributed by atoms with Crippen LogP contribution in [0.25, 0.3) is 0 Å². The number of benzene rings is 1. The fourth-order valence-electron chi connectivity index (χ4n) is 2.81. The summed E-state index contributed by atoms with van der Waals surface area (Å²) in [4.78, 5) is 28.0. The van der Waals surface area contributed by atoms with Gasteiger partial charge in [0.15, 0.2) is 11.7 Å². The largest absolute Gasteiger partial charge is 0.464 e. The van der Waals surface area contributed by atoms with Crippen molar-refractivity contribution in [3.05, 3.63) is 64.0 Å². The zero-order valence-electron chi connectivity index (χ0n) is 16.5. The number of aryl methyl sites for hydroxylation is 1. The maximum absolute atomic E-state index is 13.4. The van der Waals surface area contributed by atoms with Crippen LogP contribution in [-0.4, -0.2) is 26.9 Å². The first-order valence-corrected chi connectivity index (χ1v) is 10.1. The number of hydrogen-bond donors (Lipinski definition) is 1. The van der Waals surface area contributed by atoms with E-state index in [2.05, 4.69) is 14.9 Å². The Morgan fingerprint density at radius 3 is 2.48 bits per heavy atom. The van der Waals surface area contributed by atoms with E-state index < -0.39 is 23.4 Å². The molecular formula is C20H21ClN4O3S. The fourth-order valence-corrected chi connectivity index (χ4v) is 3.46. The molecule has 0 bridgehead atoms. The van der Waals surface area contributed by atoms with E-state index in [9.17, 15) is 9.59 Å². The Hall–Kier alpha value is -2.71. The number of nitrogens with zero attached hydrogens (tertiary/aromatic N) is 3. The molecule has 1 aromatic carbocycles. The molecule has 7 nitrogen and oxygen atoms in total. The van der Waals surface area contributed by atoms with Crippen molar-refractivity contribution >= 4 is 40.6 Å². The van der Waals surface area contributed by atoms with Crippen molar-refractivity contribution < 1.29 is 14.0 Å². The smallest absolute Gasteiger partial charge is 0.280 e. The number of amides is 2. The molecule has 0 aliphatic rings. The van der Waals surface area contributed by atoms with E-state index in [4.69, 9.17) is 16.0 Å². The SMILES string of the molecule is Cc1ccc([C@@H](C(=O)NC(C)(C)C)N(C(=O)c2csnn2)c2ccccc2Cl)o1. The highest BCUT2D eigenvalue weighted by atomic mass is 35.5. The Morgan fingerprint density at radius 1 is 1.21 bits per heavy atom. The number of para-hydroxylation sites is 1. The lowest BCUT2D eigenvalue weighted by Crippen LogP contribution is -2.49. The summed E-state index contributed by atoms with van der Waals surface area (Å²) in [5, 5.41) is 8.65. The second-order valence-corrected chi connectivity index (χ2v) is 8.52. The van der Waals surface area contributed by atoms with Gasteiger partial charge in [-0.1, -0.05) is 28.2 Å². The lowest BCUT2D eigenvalue weighted by molar-refractivity contribution is -0.124. The van der Waals surface area contributed by atoms with Crippen molar-refractivity contribution in [2.45, 2.75) is 39.3 Å². The van der Waals surface area contributed by atoms with Gasteiger partial charge in [0.25, 0.3) is 11.8 Å². The molecule has 0 fully saturated rings. The summed E-state index contributed by atoms with van der Waals surface area (Å²) in [7, 11) is 0. The lowest BCUT2D eigenvalue weighted by Gasteiger charge is -2.32. The second kappa shape index (κ2) is 8.34. The van der Waals surface area contributed by atoms with E-state index in [-0.39, 0.29) is 5.69 Å². The molecule has 29 heavy (non-hydrogen) atoms. The summed E-state index contributed by atoms with van der Waals surface area (Å²) >= 11 is 7.46. The zero-order valence-corrected chi connectivity index (χ0v) is 18.0. The number of carbonyl (C=O) groups is 2. The summed E-state index contributed by atoms with van der Waals surface area (Å²) in [6.45, 7) is 7.36. The van der Waals surface area contributed by atoms with Crippen LogP contribution in [0.3, 0.4) is 0 Å². The number of rotatable bonds is 5. The van der Waals surface area contributed by atoms with E-state index in [0.29, 0.717) is 22.2 Å². The van der Waals surface area contributed by atoms with Gasteiger partial charge in [-0.3, -0.25) is 14.5 Å². The molecule has 0 saturated heterocycles. The van der Waals surface area contributed by atoms with E-state index in [1.807, 2.05) is 20.8 Å². The first-order chi connectivity index (χ1) is 13.7. The predicted octanol–water partition coefficient (Wildman–Crippen LogP) is 4.40. The average molecular weight is 433 g/mol. The van der Waals surface area contributed by atoms with Crippen LogP contribution < -0.4 is 10.2 Å². The quantitative estimate of drug-likeness (QED) is 0.645. The third-order valence-electron chi connectivity index (χ3n) is 3.95. The summed E-state index contributed by atoms with van der Waals surface area (Å²) in [6, 6.07) is 9.16. The van der Waals surface area contributed by atoms with Gasteiger partial charge in [-0.25, -0.2) is 0 Å². The molecule has 2 heterocycles. The standard InChI is InChI=1S/C20H21ClN4O3S/c1-12-9-10-16(28-12)17(18(26)22-20(2,3)4)25(15-8-6-5-7-13(15)21)19(27)14-11-29-24-23-14/h5-11,17H,1-4H3,(H,22,26)/t17-/m0/s1. The van der Waals surface area contributed by atoms with Crippen molar-refractivity contribution in [2.75, 3.05) is 4.90 Å². The summed E-state index contributed by atoms with van der Waals surface area (Å²) < 4.78 is 9.53. The minimum Gasteiger partial charge on any atom is -0.464 e. The number of hydrogen-bond acceptors (Lipinski definition) is 6. The molecule has 3 rings (SSSR count). The van der Waals surface area contributed by atoms with Gasteiger partial charge < -0.3 is 9.73 Å². The minimum absolute atomic E-state index is 0.117. The maximum atomic E-state index is 13.4. The topological polar surface area (TPSA) is 88.3 Å². The number of nitrogens with one attached hydrogen (secondary N) is 1. The van der Waals surface area contributed by atoms with Gasteiger partial charge in [-0.15, -0.1) is 5.10 Å². The Balaban J connectivity index is 2.18. The van der Waals surface area contributed by atoms with Gasteiger partial charge >= 0.3 is 0 Å². The zero-order chi connectivity index (χ0) is 21.2. The second-order valence-electron chi connectivity index (χ2n) is 7.51.